The predicted molar refractivity (Wildman–Crippen MR) is 112 cm³/mol. The van der Waals surface area contributed by atoms with Gasteiger partial charge in [0, 0.05) is 25.1 Å². The van der Waals surface area contributed by atoms with E-state index in [2.05, 4.69) is 9.73 Å². The lowest BCUT2D eigenvalue weighted by atomic mass is 10.0. The highest BCUT2D eigenvalue weighted by atomic mass is 19.4. The van der Waals surface area contributed by atoms with Gasteiger partial charge in [0.1, 0.15) is 17.1 Å². The van der Waals surface area contributed by atoms with Crippen LogP contribution in [0, 0.1) is 0 Å². The summed E-state index contributed by atoms with van der Waals surface area (Å²) >= 11 is 0. The van der Waals surface area contributed by atoms with Crippen molar-refractivity contribution >= 4 is 18.1 Å². The van der Waals surface area contributed by atoms with Crippen LogP contribution in [0.15, 0.2) is 43.6 Å². The van der Waals surface area contributed by atoms with Crippen molar-refractivity contribution in [1.29, 1.82) is 0 Å². The zero-order chi connectivity index (χ0) is 24.3. The molecular weight excluding hydrogens is 431 g/mol. The molecule has 0 aliphatic carbocycles. The number of alkyl halides is 3. The molecule has 10 heteroatoms. The second-order valence-electron chi connectivity index (χ2n) is 7.09. The number of carbonyl (C=O) groups is 2. The molecule has 0 atom stereocenters. The molecule has 0 saturated heterocycles. The van der Waals surface area contributed by atoms with E-state index in [4.69, 9.17) is 4.42 Å². The number of halogens is 3. The van der Waals surface area contributed by atoms with Crippen molar-refractivity contribution in [3.8, 4) is 5.75 Å². The largest absolute Gasteiger partial charge is 0.507 e. The van der Waals surface area contributed by atoms with E-state index in [-0.39, 0.29) is 17.8 Å². The standard InChI is InChI=1S/C22H26F3NO6/c1-14(10-11-22(23,24)25)8-9-15(2)19(28)18-17(27)13-16(32-20(18)29)7-5-4-6-12-26-21(30)31-3/h8-9,12-13,27H,4-7,10-11H2,1-3H3. The second-order valence-corrected chi connectivity index (χ2v) is 7.09. The van der Waals surface area contributed by atoms with Crippen LogP contribution < -0.4 is 5.63 Å². The highest BCUT2D eigenvalue weighted by Crippen LogP contribution is 2.24. The summed E-state index contributed by atoms with van der Waals surface area (Å²) in [4.78, 5) is 39.1. The van der Waals surface area contributed by atoms with Gasteiger partial charge in [0.15, 0.2) is 5.78 Å². The topological polar surface area (TPSA) is 106 Å². The summed E-state index contributed by atoms with van der Waals surface area (Å²) in [5.41, 5.74) is -1.05. The van der Waals surface area contributed by atoms with E-state index >= 15 is 0 Å². The minimum absolute atomic E-state index is 0.0663. The number of aliphatic imine (C=N–C) groups is 1. The fourth-order valence-corrected chi connectivity index (χ4v) is 2.55. The van der Waals surface area contributed by atoms with E-state index in [1.807, 2.05) is 0 Å². The van der Waals surface area contributed by atoms with Crippen molar-refractivity contribution in [3.63, 3.8) is 0 Å². The number of aromatic hydroxyl groups is 1. The SMILES string of the molecule is COC(=O)N=CCCCCc1cc(O)c(C(=O)C(C)=CC=C(C)CCC(F)(F)F)c(=O)o1. The number of hydrogen-bond acceptors (Lipinski definition) is 6. The van der Waals surface area contributed by atoms with Crippen LogP contribution >= 0.6 is 0 Å². The molecule has 0 aliphatic heterocycles. The summed E-state index contributed by atoms with van der Waals surface area (Å²) in [6.07, 6.45) is -0.0388. The van der Waals surface area contributed by atoms with Crippen LogP contribution in [-0.4, -0.2) is 36.5 Å². The molecule has 1 heterocycles. The zero-order valence-corrected chi connectivity index (χ0v) is 18.1. The van der Waals surface area contributed by atoms with Gasteiger partial charge in [0.05, 0.1) is 7.11 Å². The maximum atomic E-state index is 12.5. The number of aryl methyl sites for hydroxylation is 1. The van der Waals surface area contributed by atoms with Gasteiger partial charge in [-0.15, -0.1) is 0 Å². The third-order valence-corrected chi connectivity index (χ3v) is 4.37. The number of amides is 1. The van der Waals surface area contributed by atoms with E-state index in [0.29, 0.717) is 31.3 Å². The highest BCUT2D eigenvalue weighted by Gasteiger charge is 2.26. The Labute approximate surface area is 183 Å². The van der Waals surface area contributed by atoms with Gasteiger partial charge in [0.2, 0.25) is 0 Å². The number of methoxy groups -OCH3 is 1. The van der Waals surface area contributed by atoms with Crippen molar-refractivity contribution in [2.45, 2.75) is 58.5 Å². The van der Waals surface area contributed by atoms with E-state index in [9.17, 15) is 32.7 Å². The van der Waals surface area contributed by atoms with Crippen LogP contribution in [0.2, 0.25) is 0 Å². The normalized spacial score (nSPS) is 12.9. The van der Waals surface area contributed by atoms with Crippen LogP contribution in [0.3, 0.4) is 0 Å². The van der Waals surface area contributed by atoms with Gasteiger partial charge < -0.3 is 14.3 Å². The first-order valence-corrected chi connectivity index (χ1v) is 9.86. The Morgan fingerprint density at radius 1 is 1.22 bits per heavy atom. The first-order chi connectivity index (χ1) is 14.9. The van der Waals surface area contributed by atoms with Gasteiger partial charge in [-0.05, 0) is 45.1 Å². The van der Waals surface area contributed by atoms with Crippen molar-refractivity contribution in [2.75, 3.05) is 7.11 Å². The summed E-state index contributed by atoms with van der Waals surface area (Å²) in [6, 6.07) is 1.19. The molecule has 7 nitrogen and oxygen atoms in total. The summed E-state index contributed by atoms with van der Waals surface area (Å²) in [7, 11) is 1.22. The van der Waals surface area contributed by atoms with Gasteiger partial charge >= 0.3 is 17.9 Å². The first kappa shape index (κ1) is 26.9. The predicted octanol–water partition coefficient (Wildman–Crippen LogP) is 5.31. The third-order valence-electron chi connectivity index (χ3n) is 4.37. The summed E-state index contributed by atoms with van der Waals surface area (Å²) in [5, 5.41) is 10.2. The molecule has 1 aromatic heterocycles. The van der Waals surface area contributed by atoms with Crippen LogP contribution in [0.1, 0.15) is 62.1 Å². The number of nitrogens with zero attached hydrogens (tertiary/aromatic N) is 1. The number of Topliss-reactive ketones (excluding diaryl/α,β-unsaturated/α-hetero) is 1. The lowest BCUT2D eigenvalue weighted by Gasteiger charge is -2.06. The Morgan fingerprint density at radius 3 is 2.50 bits per heavy atom. The number of unbranched alkanes of at least 4 members (excludes halogenated alkanes) is 2. The maximum absolute atomic E-state index is 12.5. The van der Waals surface area contributed by atoms with Crippen LogP contribution in [-0.2, 0) is 11.2 Å². The molecule has 32 heavy (non-hydrogen) atoms. The number of carbonyl (C=O) groups excluding carboxylic acids is 2. The summed E-state index contributed by atoms with van der Waals surface area (Å²) < 4.78 is 46.3. The molecule has 0 unspecified atom stereocenters. The van der Waals surface area contributed by atoms with Gasteiger partial charge in [-0.3, -0.25) is 4.79 Å². The molecule has 0 fully saturated rings. The van der Waals surface area contributed by atoms with Crippen LogP contribution in [0.4, 0.5) is 18.0 Å². The molecule has 1 aromatic rings. The summed E-state index contributed by atoms with van der Waals surface area (Å²) in [6.45, 7) is 2.89. The monoisotopic (exact) mass is 457 g/mol. The Bertz CT molecular complexity index is 957. The maximum Gasteiger partial charge on any atom is 0.432 e. The lowest BCUT2D eigenvalue weighted by Crippen LogP contribution is -2.16. The number of rotatable bonds is 10. The molecule has 0 bridgehead atoms. The summed E-state index contributed by atoms with van der Waals surface area (Å²) in [5.74, 6) is -1.11. The third kappa shape index (κ3) is 9.76. The van der Waals surface area contributed by atoms with Gasteiger partial charge in [0.25, 0.3) is 0 Å². The minimum Gasteiger partial charge on any atom is -0.507 e. The smallest absolute Gasteiger partial charge is 0.432 e. The zero-order valence-electron chi connectivity index (χ0n) is 18.1. The molecule has 0 aliphatic rings. The number of ketones is 1. The molecule has 0 spiro atoms. The van der Waals surface area contributed by atoms with E-state index < -0.39 is 41.4 Å². The highest BCUT2D eigenvalue weighted by molar-refractivity contribution is 6.09. The van der Waals surface area contributed by atoms with Crippen molar-refractivity contribution in [3.05, 3.63) is 51.1 Å². The van der Waals surface area contributed by atoms with Crippen LogP contribution in [0.25, 0.3) is 0 Å². The van der Waals surface area contributed by atoms with Crippen molar-refractivity contribution < 1.29 is 37.0 Å². The van der Waals surface area contributed by atoms with Gasteiger partial charge in [-0.1, -0.05) is 17.7 Å². The average molecular weight is 457 g/mol. The van der Waals surface area contributed by atoms with Crippen molar-refractivity contribution in [1.82, 2.24) is 0 Å². The van der Waals surface area contributed by atoms with E-state index in [0.717, 1.165) is 0 Å². The molecule has 0 aromatic carbocycles. The van der Waals surface area contributed by atoms with E-state index in [1.165, 1.54) is 45.4 Å². The second kappa shape index (κ2) is 12.6. The molecule has 1 rings (SSSR count). The molecule has 176 valence electrons. The minimum atomic E-state index is -4.27. The molecule has 0 saturated carbocycles. The Balaban J connectivity index is 2.77. The number of allylic oxidation sites excluding steroid dienone is 4. The lowest BCUT2D eigenvalue weighted by molar-refractivity contribution is -0.133. The van der Waals surface area contributed by atoms with Crippen LogP contribution in [0.5, 0.6) is 5.75 Å². The van der Waals surface area contributed by atoms with Crippen molar-refractivity contribution in [2.24, 2.45) is 4.99 Å². The first-order valence-electron chi connectivity index (χ1n) is 9.86. The van der Waals surface area contributed by atoms with Gasteiger partial charge in [-0.25, -0.2) is 9.59 Å². The molecule has 0 radical (unpaired) electrons. The molecular formula is C22H26F3NO6. The Morgan fingerprint density at radius 2 is 1.91 bits per heavy atom. The Hall–Kier alpha value is -3.17. The quantitative estimate of drug-likeness (QED) is 0.168. The number of hydrogen-bond donors (Lipinski definition) is 1. The van der Waals surface area contributed by atoms with E-state index in [1.54, 1.807) is 0 Å². The van der Waals surface area contributed by atoms with Gasteiger partial charge in [-0.2, -0.15) is 18.2 Å². The number of ether oxygens (including phenoxy) is 1. The fraction of sp³-hybridized carbons (Fsp3) is 0.455. The Kier molecular flexibility index (Phi) is 10.6. The molecule has 1 N–H and O–H groups in total. The fourth-order valence-electron chi connectivity index (χ4n) is 2.55. The molecule has 1 amide bonds. The average Bonchev–Trinajstić information content (AvgIpc) is 2.71.